The molecule has 0 saturated carbocycles. The van der Waals surface area contributed by atoms with Crippen LogP contribution in [0, 0.1) is 0 Å². The van der Waals surface area contributed by atoms with Crippen molar-refractivity contribution in [2.45, 2.75) is 36.9 Å². The molecule has 0 bridgehead atoms. The van der Waals surface area contributed by atoms with Gasteiger partial charge in [-0.2, -0.15) is 0 Å². The van der Waals surface area contributed by atoms with E-state index in [4.69, 9.17) is 10.5 Å². The van der Waals surface area contributed by atoms with Gasteiger partial charge in [0.2, 0.25) is 10.0 Å². The number of rotatable bonds is 7. The van der Waals surface area contributed by atoms with Crippen LogP contribution in [0.3, 0.4) is 0 Å². The van der Waals surface area contributed by atoms with Crippen LogP contribution in [0.4, 0.5) is 5.69 Å². The van der Waals surface area contributed by atoms with Crippen molar-refractivity contribution in [2.75, 3.05) is 25.4 Å². The Labute approximate surface area is 161 Å². The van der Waals surface area contributed by atoms with Crippen LogP contribution >= 0.6 is 0 Å². The Balaban J connectivity index is 1.66. The number of nitrogen functional groups attached to an aromatic ring is 1. The molecule has 3 rings (SSSR count). The Kier molecular flexibility index (Phi) is 6.49. The first-order valence-electron chi connectivity index (χ1n) is 9.23. The molecule has 2 aromatic carbocycles. The standard InChI is InChI=1S/C20H27N3O3S/c1-2-19(22-27(24,25)18-10-8-17(21)9-11-18)20-15-23(12-13-26-20)14-16-6-4-3-5-7-16/h3-11,19-20,22H,2,12-15,21H2,1H3. The van der Waals surface area contributed by atoms with E-state index in [1.807, 2.05) is 25.1 Å². The molecule has 1 aliphatic rings. The lowest BCUT2D eigenvalue weighted by Crippen LogP contribution is -2.52. The van der Waals surface area contributed by atoms with Crippen molar-refractivity contribution in [3.63, 3.8) is 0 Å². The molecular weight excluding hydrogens is 362 g/mol. The molecule has 146 valence electrons. The third-order valence-electron chi connectivity index (χ3n) is 4.81. The summed E-state index contributed by atoms with van der Waals surface area (Å²) in [5.74, 6) is 0. The number of ether oxygens (including phenoxy) is 1. The molecule has 27 heavy (non-hydrogen) atoms. The van der Waals surface area contributed by atoms with E-state index in [1.54, 1.807) is 12.1 Å². The summed E-state index contributed by atoms with van der Waals surface area (Å²) in [5, 5.41) is 0. The minimum Gasteiger partial charge on any atom is -0.399 e. The molecular formula is C20H27N3O3S. The second-order valence-corrected chi connectivity index (χ2v) is 8.55. The number of sulfonamides is 1. The van der Waals surface area contributed by atoms with Gasteiger partial charge in [-0.25, -0.2) is 13.1 Å². The SMILES string of the molecule is CCC(NS(=O)(=O)c1ccc(N)cc1)C1CN(Cc2ccccc2)CCO1. The maximum absolute atomic E-state index is 12.7. The predicted octanol–water partition coefficient (Wildman–Crippen LogP) is 2.23. The number of anilines is 1. The number of nitrogens with two attached hydrogens (primary N) is 1. The van der Waals surface area contributed by atoms with Crippen molar-refractivity contribution in [3.8, 4) is 0 Å². The monoisotopic (exact) mass is 389 g/mol. The Morgan fingerprint density at radius 3 is 2.56 bits per heavy atom. The van der Waals surface area contributed by atoms with E-state index in [1.165, 1.54) is 17.7 Å². The highest BCUT2D eigenvalue weighted by atomic mass is 32.2. The quantitative estimate of drug-likeness (QED) is 0.710. The summed E-state index contributed by atoms with van der Waals surface area (Å²) >= 11 is 0. The van der Waals surface area contributed by atoms with Crippen molar-refractivity contribution in [2.24, 2.45) is 0 Å². The average Bonchev–Trinajstić information content (AvgIpc) is 2.67. The zero-order valence-corrected chi connectivity index (χ0v) is 16.4. The summed E-state index contributed by atoms with van der Waals surface area (Å²) in [4.78, 5) is 2.52. The van der Waals surface area contributed by atoms with E-state index < -0.39 is 10.0 Å². The van der Waals surface area contributed by atoms with Crippen LogP contribution in [-0.2, 0) is 21.3 Å². The molecule has 6 nitrogen and oxygen atoms in total. The van der Waals surface area contributed by atoms with Gasteiger partial charge < -0.3 is 10.5 Å². The Morgan fingerprint density at radius 2 is 1.89 bits per heavy atom. The molecule has 1 fully saturated rings. The molecule has 7 heteroatoms. The van der Waals surface area contributed by atoms with Crippen molar-refractivity contribution in [1.82, 2.24) is 9.62 Å². The largest absolute Gasteiger partial charge is 0.399 e. The molecule has 3 N–H and O–H groups in total. The molecule has 0 aromatic heterocycles. The summed E-state index contributed by atoms with van der Waals surface area (Å²) in [7, 11) is -3.62. The summed E-state index contributed by atoms with van der Waals surface area (Å²) in [6, 6.07) is 16.2. The second-order valence-electron chi connectivity index (χ2n) is 6.84. The van der Waals surface area contributed by atoms with Gasteiger partial charge in [0.25, 0.3) is 0 Å². The van der Waals surface area contributed by atoms with Crippen LogP contribution in [0.2, 0.25) is 0 Å². The van der Waals surface area contributed by atoms with Crippen molar-refractivity contribution < 1.29 is 13.2 Å². The van der Waals surface area contributed by atoms with Crippen LogP contribution in [-0.4, -0.2) is 45.2 Å². The minimum atomic E-state index is -3.62. The number of benzene rings is 2. The Bertz CT molecular complexity index is 825. The number of morpholine rings is 1. The van der Waals surface area contributed by atoms with Gasteiger partial charge in [-0.1, -0.05) is 37.3 Å². The second kappa shape index (κ2) is 8.84. The lowest BCUT2D eigenvalue weighted by molar-refractivity contribution is -0.0460. The van der Waals surface area contributed by atoms with Gasteiger partial charge in [-0.15, -0.1) is 0 Å². The Morgan fingerprint density at radius 1 is 1.19 bits per heavy atom. The van der Waals surface area contributed by atoms with Crippen LogP contribution < -0.4 is 10.5 Å². The maximum atomic E-state index is 12.7. The zero-order chi connectivity index (χ0) is 19.3. The first-order chi connectivity index (χ1) is 13.0. The van der Waals surface area contributed by atoms with E-state index >= 15 is 0 Å². The Hall–Kier alpha value is -1.93. The smallest absolute Gasteiger partial charge is 0.240 e. The third kappa shape index (κ3) is 5.29. The predicted molar refractivity (Wildman–Crippen MR) is 107 cm³/mol. The van der Waals surface area contributed by atoms with Gasteiger partial charge in [-0.05, 0) is 36.2 Å². The first kappa shape index (κ1) is 19.8. The van der Waals surface area contributed by atoms with Gasteiger partial charge in [-0.3, -0.25) is 4.90 Å². The summed E-state index contributed by atoms with van der Waals surface area (Å²) in [6.45, 7) is 4.93. The van der Waals surface area contributed by atoms with Crippen LogP contribution in [0.25, 0.3) is 0 Å². The molecule has 0 radical (unpaired) electrons. The molecule has 2 unspecified atom stereocenters. The van der Waals surface area contributed by atoms with E-state index in [0.717, 1.165) is 13.1 Å². The zero-order valence-electron chi connectivity index (χ0n) is 15.5. The molecule has 0 aliphatic carbocycles. The molecule has 1 aliphatic heterocycles. The first-order valence-corrected chi connectivity index (χ1v) is 10.7. The van der Waals surface area contributed by atoms with Gasteiger partial charge in [0.15, 0.2) is 0 Å². The summed E-state index contributed by atoms with van der Waals surface area (Å²) in [6.07, 6.45) is 0.467. The van der Waals surface area contributed by atoms with Gasteiger partial charge in [0.05, 0.1) is 17.6 Å². The van der Waals surface area contributed by atoms with Crippen LogP contribution in [0.1, 0.15) is 18.9 Å². The average molecular weight is 390 g/mol. The van der Waals surface area contributed by atoms with Crippen molar-refractivity contribution in [3.05, 3.63) is 60.2 Å². The van der Waals surface area contributed by atoms with Crippen LogP contribution in [0.15, 0.2) is 59.5 Å². The fourth-order valence-corrected chi connectivity index (χ4v) is 4.64. The van der Waals surface area contributed by atoms with Crippen molar-refractivity contribution in [1.29, 1.82) is 0 Å². The normalized spacial score (nSPS) is 19.7. The van der Waals surface area contributed by atoms with Crippen molar-refractivity contribution >= 4 is 15.7 Å². The maximum Gasteiger partial charge on any atom is 0.240 e. The molecule has 0 spiro atoms. The molecule has 1 saturated heterocycles. The number of nitrogens with one attached hydrogen (secondary N) is 1. The third-order valence-corrected chi connectivity index (χ3v) is 6.32. The van der Waals surface area contributed by atoms with E-state index in [9.17, 15) is 8.42 Å². The fourth-order valence-electron chi connectivity index (χ4n) is 3.30. The number of nitrogens with zero attached hydrogens (tertiary/aromatic N) is 1. The minimum absolute atomic E-state index is 0.184. The van der Waals surface area contributed by atoms with E-state index in [2.05, 4.69) is 21.8 Å². The topological polar surface area (TPSA) is 84.7 Å². The lowest BCUT2D eigenvalue weighted by atomic mass is 10.1. The molecule has 0 amide bonds. The van der Waals surface area contributed by atoms with Gasteiger partial charge in [0, 0.05) is 31.4 Å². The molecule has 1 heterocycles. The highest BCUT2D eigenvalue weighted by Crippen LogP contribution is 2.18. The molecule has 2 aromatic rings. The fraction of sp³-hybridized carbons (Fsp3) is 0.400. The van der Waals surface area contributed by atoms with Gasteiger partial charge >= 0.3 is 0 Å². The highest BCUT2D eigenvalue weighted by molar-refractivity contribution is 7.89. The molecule has 2 atom stereocenters. The summed E-state index contributed by atoms with van der Waals surface area (Å²) in [5.41, 5.74) is 7.43. The van der Waals surface area contributed by atoms with E-state index in [-0.39, 0.29) is 17.0 Å². The van der Waals surface area contributed by atoms with E-state index in [0.29, 0.717) is 25.3 Å². The lowest BCUT2D eigenvalue weighted by Gasteiger charge is -2.37. The van der Waals surface area contributed by atoms with Gasteiger partial charge in [0.1, 0.15) is 0 Å². The number of hydrogen-bond donors (Lipinski definition) is 2. The summed E-state index contributed by atoms with van der Waals surface area (Å²) < 4.78 is 34.1. The van der Waals surface area contributed by atoms with Crippen LogP contribution in [0.5, 0.6) is 0 Å². The highest BCUT2D eigenvalue weighted by Gasteiger charge is 2.30. The number of hydrogen-bond acceptors (Lipinski definition) is 5.